The Labute approximate surface area is 86.1 Å². The molecule has 3 nitrogen and oxygen atoms in total. The topological polar surface area (TPSA) is 29.5 Å². The molecule has 0 saturated heterocycles. The van der Waals surface area contributed by atoms with Crippen LogP contribution in [0.5, 0.6) is 0 Å². The number of carbonyl (C=O) groups is 1. The summed E-state index contributed by atoms with van der Waals surface area (Å²) in [7, 11) is 1.26. The highest BCUT2D eigenvalue weighted by Crippen LogP contribution is 2.09. The lowest BCUT2D eigenvalue weighted by molar-refractivity contribution is -0.151. The van der Waals surface area contributed by atoms with Crippen LogP contribution in [0.1, 0.15) is 5.56 Å². The summed E-state index contributed by atoms with van der Waals surface area (Å²) in [5.74, 6) is -0.943. The Bertz CT molecular complexity index is 332. The van der Waals surface area contributed by atoms with Crippen LogP contribution in [0.4, 0.5) is 4.39 Å². The third-order valence-electron chi connectivity index (χ3n) is 1.66. The van der Waals surface area contributed by atoms with Crippen LogP contribution in [-0.2, 0) is 16.1 Å². The van der Waals surface area contributed by atoms with Gasteiger partial charge in [-0.05, 0) is 11.6 Å². The van der Waals surface area contributed by atoms with Crippen LogP contribution in [0.3, 0.4) is 0 Å². The van der Waals surface area contributed by atoms with Crippen molar-refractivity contribution >= 4 is 17.7 Å². The molecule has 0 aromatic heterocycles. The molecule has 0 spiro atoms. The highest BCUT2D eigenvalue weighted by atomic mass is 35.5. The largest absolute Gasteiger partial charge is 0.271 e. The summed E-state index contributed by atoms with van der Waals surface area (Å²) in [4.78, 5) is 15.6. The molecule has 1 aromatic carbocycles. The second-order valence-electron chi connectivity index (χ2n) is 2.59. The van der Waals surface area contributed by atoms with Crippen molar-refractivity contribution in [3.8, 4) is 0 Å². The molecular formula is C9H9ClFNO2. The molecule has 0 radical (unpaired) electrons. The molecule has 0 heterocycles. The fourth-order valence-electron chi connectivity index (χ4n) is 0.969. The van der Waals surface area contributed by atoms with Crippen LogP contribution in [0.15, 0.2) is 24.3 Å². The minimum atomic E-state index is -0.515. The van der Waals surface area contributed by atoms with E-state index in [-0.39, 0.29) is 6.42 Å². The molecule has 1 aromatic rings. The number of benzene rings is 1. The Morgan fingerprint density at radius 1 is 1.57 bits per heavy atom. The van der Waals surface area contributed by atoms with E-state index in [0.29, 0.717) is 10.1 Å². The smallest absolute Gasteiger partial charge is 0.266 e. The molecule has 5 heteroatoms. The van der Waals surface area contributed by atoms with Gasteiger partial charge in [0.05, 0.1) is 13.5 Å². The van der Waals surface area contributed by atoms with Gasteiger partial charge in [-0.2, -0.15) is 0 Å². The van der Waals surface area contributed by atoms with Gasteiger partial charge in [-0.15, -0.1) is 4.58 Å². The Balaban J connectivity index is 2.70. The molecule has 76 valence electrons. The van der Waals surface area contributed by atoms with Crippen molar-refractivity contribution in [3.05, 3.63) is 35.6 Å². The quantitative estimate of drug-likeness (QED) is 0.572. The maximum absolute atomic E-state index is 13.1. The summed E-state index contributed by atoms with van der Waals surface area (Å²) in [5.41, 5.74) is 0.292. The number of hydroxylamine groups is 1. The summed E-state index contributed by atoms with van der Waals surface area (Å²) in [6.07, 6.45) is -0.121. The van der Waals surface area contributed by atoms with Crippen LogP contribution in [0.2, 0.25) is 0 Å². The van der Waals surface area contributed by atoms with Crippen molar-refractivity contribution in [3.63, 3.8) is 0 Å². The Morgan fingerprint density at radius 2 is 2.21 bits per heavy atom. The lowest BCUT2D eigenvalue weighted by Crippen LogP contribution is -2.22. The van der Waals surface area contributed by atoms with Gasteiger partial charge >= 0.3 is 0 Å². The van der Waals surface area contributed by atoms with Crippen LogP contribution in [0.25, 0.3) is 0 Å². The van der Waals surface area contributed by atoms with Gasteiger partial charge in [0.15, 0.2) is 0 Å². The van der Waals surface area contributed by atoms with E-state index in [1.807, 2.05) is 0 Å². The van der Waals surface area contributed by atoms with E-state index in [1.165, 1.54) is 19.2 Å². The molecule has 0 aliphatic heterocycles. The lowest BCUT2D eigenvalue weighted by Gasteiger charge is -2.09. The van der Waals surface area contributed by atoms with E-state index in [0.717, 1.165) is 0 Å². The standard InChI is InChI=1S/C9H9ClFNO2/c1-14-12(10)9(13)6-7-4-2-3-5-8(7)11/h2-5H,6H2,1H3. The summed E-state index contributed by atoms with van der Waals surface area (Å²) >= 11 is 5.36. The molecule has 0 bridgehead atoms. The van der Waals surface area contributed by atoms with Gasteiger partial charge in [-0.25, -0.2) is 4.39 Å². The molecule has 0 saturated carbocycles. The minimum Gasteiger partial charge on any atom is -0.271 e. The van der Waals surface area contributed by atoms with Gasteiger partial charge in [0.2, 0.25) is 0 Å². The number of hydrogen-bond acceptors (Lipinski definition) is 2. The zero-order chi connectivity index (χ0) is 10.6. The molecule has 0 fully saturated rings. The second kappa shape index (κ2) is 4.93. The zero-order valence-corrected chi connectivity index (χ0v) is 8.29. The van der Waals surface area contributed by atoms with E-state index in [4.69, 9.17) is 11.8 Å². The highest BCUT2D eigenvalue weighted by Gasteiger charge is 2.13. The number of halogens is 2. The van der Waals surface area contributed by atoms with Crippen molar-refractivity contribution in [2.45, 2.75) is 6.42 Å². The zero-order valence-electron chi connectivity index (χ0n) is 7.54. The third-order valence-corrected chi connectivity index (χ3v) is 1.98. The van der Waals surface area contributed by atoms with Gasteiger partial charge in [0, 0.05) is 11.8 Å². The van der Waals surface area contributed by atoms with Gasteiger partial charge in [0.25, 0.3) is 5.91 Å². The van der Waals surface area contributed by atoms with Crippen molar-refractivity contribution in [1.29, 1.82) is 0 Å². The Kier molecular flexibility index (Phi) is 3.85. The van der Waals surface area contributed by atoms with Gasteiger partial charge in [-0.3, -0.25) is 9.63 Å². The van der Waals surface area contributed by atoms with Gasteiger partial charge < -0.3 is 0 Å². The van der Waals surface area contributed by atoms with Crippen LogP contribution in [0, 0.1) is 5.82 Å². The molecular weight excluding hydrogens is 209 g/mol. The fourth-order valence-corrected chi connectivity index (χ4v) is 1.03. The van der Waals surface area contributed by atoms with Gasteiger partial charge in [-0.1, -0.05) is 18.2 Å². The Hall–Kier alpha value is -1.13. The number of carbonyl (C=O) groups excluding carboxylic acids is 1. The first-order valence-electron chi connectivity index (χ1n) is 3.91. The van der Waals surface area contributed by atoms with E-state index >= 15 is 0 Å². The summed E-state index contributed by atoms with van der Waals surface area (Å²) in [6.45, 7) is 0. The maximum Gasteiger partial charge on any atom is 0.266 e. The van der Waals surface area contributed by atoms with E-state index in [2.05, 4.69) is 4.84 Å². The van der Waals surface area contributed by atoms with Gasteiger partial charge in [0.1, 0.15) is 5.82 Å². The molecule has 1 rings (SSSR count). The van der Waals surface area contributed by atoms with Crippen LogP contribution in [-0.4, -0.2) is 17.6 Å². The van der Waals surface area contributed by atoms with Crippen LogP contribution < -0.4 is 0 Å². The van der Waals surface area contributed by atoms with Crippen molar-refractivity contribution in [2.75, 3.05) is 7.11 Å². The summed E-state index contributed by atoms with van der Waals surface area (Å²) < 4.78 is 13.6. The molecule has 0 unspecified atom stereocenters. The lowest BCUT2D eigenvalue weighted by atomic mass is 10.1. The van der Waals surface area contributed by atoms with Crippen LogP contribution >= 0.6 is 11.8 Å². The molecule has 14 heavy (non-hydrogen) atoms. The first-order chi connectivity index (χ1) is 6.65. The monoisotopic (exact) mass is 217 g/mol. The average Bonchev–Trinajstić information content (AvgIpc) is 2.20. The predicted molar refractivity (Wildman–Crippen MR) is 49.8 cm³/mol. The SMILES string of the molecule is CON(Cl)C(=O)Cc1ccccc1F. The van der Waals surface area contributed by atoms with Crippen molar-refractivity contribution in [1.82, 2.24) is 4.58 Å². The number of rotatable bonds is 3. The predicted octanol–water partition coefficient (Wildman–Crippen LogP) is 1.91. The first-order valence-corrected chi connectivity index (χ1v) is 4.25. The van der Waals surface area contributed by atoms with E-state index in [9.17, 15) is 9.18 Å². The highest BCUT2D eigenvalue weighted by molar-refractivity contribution is 6.20. The number of hydrogen-bond donors (Lipinski definition) is 0. The average molecular weight is 218 g/mol. The molecule has 0 aliphatic carbocycles. The number of amides is 1. The third kappa shape index (κ3) is 2.68. The fraction of sp³-hybridized carbons (Fsp3) is 0.222. The van der Waals surface area contributed by atoms with Crippen molar-refractivity contribution in [2.24, 2.45) is 0 Å². The van der Waals surface area contributed by atoms with Crippen molar-refractivity contribution < 1.29 is 14.0 Å². The first kappa shape index (κ1) is 10.9. The summed E-state index contributed by atoms with van der Waals surface area (Å²) in [6, 6.07) is 6.01. The van der Waals surface area contributed by atoms with E-state index < -0.39 is 11.7 Å². The molecule has 0 atom stereocenters. The van der Waals surface area contributed by atoms with E-state index in [1.54, 1.807) is 12.1 Å². The summed E-state index contributed by atoms with van der Waals surface area (Å²) in [5, 5.41) is 0. The minimum absolute atomic E-state index is 0.121. The second-order valence-corrected chi connectivity index (χ2v) is 2.90. The molecule has 1 amide bonds. The number of nitrogens with zero attached hydrogens (tertiary/aromatic N) is 1. The Morgan fingerprint density at radius 3 is 2.79 bits per heavy atom. The molecule has 0 N–H and O–H groups in total. The maximum atomic E-state index is 13.1. The molecule has 0 aliphatic rings. The normalized spacial score (nSPS) is 9.93.